The number of carbonyl (C=O) groups is 1. The first-order valence-electron chi connectivity index (χ1n) is 6.96. The molecule has 0 aliphatic carbocycles. The third-order valence-electron chi connectivity index (χ3n) is 2.94. The summed E-state index contributed by atoms with van der Waals surface area (Å²) in [6, 6.07) is 6.90. The third-order valence-corrected chi connectivity index (χ3v) is 2.94. The molecule has 0 aliphatic rings. The topological polar surface area (TPSA) is 78.8 Å². The fraction of sp³-hybridized carbons (Fsp3) is 0.533. The standard InChI is InChI=1S/C15H23NO4/c1-2-9-16-14(15(18)19)8-11-20-13-5-3-12(4-6-13)7-10-17/h3-6,14,16-17H,2,7-11H2,1H3,(H,18,19). The van der Waals surface area contributed by atoms with E-state index in [9.17, 15) is 4.79 Å². The Balaban J connectivity index is 2.36. The van der Waals surface area contributed by atoms with Gasteiger partial charge in [-0.25, -0.2) is 0 Å². The number of aliphatic carboxylic acids is 1. The van der Waals surface area contributed by atoms with Crippen LogP contribution in [0.5, 0.6) is 5.75 Å². The first-order chi connectivity index (χ1) is 9.67. The van der Waals surface area contributed by atoms with Crippen molar-refractivity contribution in [3.05, 3.63) is 29.8 Å². The average Bonchev–Trinajstić information content (AvgIpc) is 2.44. The number of hydrogen-bond donors (Lipinski definition) is 3. The Morgan fingerprint density at radius 3 is 2.60 bits per heavy atom. The molecule has 1 rings (SSSR count). The molecule has 0 saturated carbocycles. The number of nitrogens with one attached hydrogen (secondary N) is 1. The monoisotopic (exact) mass is 281 g/mol. The minimum absolute atomic E-state index is 0.129. The Bertz CT molecular complexity index is 391. The average molecular weight is 281 g/mol. The van der Waals surface area contributed by atoms with E-state index in [0.717, 1.165) is 12.0 Å². The highest BCUT2D eigenvalue weighted by Crippen LogP contribution is 2.13. The van der Waals surface area contributed by atoms with Crippen molar-refractivity contribution in [3.8, 4) is 5.75 Å². The molecule has 0 saturated heterocycles. The molecule has 5 nitrogen and oxygen atoms in total. The van der Waals surface area contributed by atoms with E-state index < -0.39 is 12.0 Å². The molecule has 0 bridgehead atoms. The summed E-state index contributed by atoms with van der Waals surface area (Å²) in [5.41, 5.74) is 1.05. The minimum Gasteiger partial charge on any atom is -0.494 e. The van der Waals surface area contributed by atoms with Crippen LogP contribution in [0.15, 0.2) is 24.3 Å². The van der Waals surface area contributed by atoms with Gasteiger partial charge in [-0.1, -0.05) is 19.1 Å². The zero-order valence-electron chi connectivity index (χ0n) is 11.8. The molecule has 1 atom stereocenters. The second kappa shape index (κ2) is 9.34. The lowest BCUT2D eigenvalue weighted by molar-refractivity contribution is -0.139. The number of carboxylic acid groups (broad SMARTS) is 1. The largest absolute Gasteiger partial charge is 0.494 e. The first kappa shape index (κ1) is 16.5. The van der Waals surface area contributed by atoms with Crippen LogP contribution in [-0.2, 0) is 11.2 Å². The molecule has 0 aliphatic heterocycles. The van der Waals surface area contributed by atoms with Gasteiger partial charge in [-0.2, -0.15) is 0 Å². The Kier molecular flexibility index (Phi) is 7.69. The highest BCUT2D eigenvalue weighted by molar-refractivity contribution is 5.73. The second-order valence-corrected chi connectivity index (χ2v) is 4.60. The van der Waals surface area contributed by atoms with Crippen LogP contribution in [0, 0.1) is 0 Å². The zero-order chi connectivity index (χ0) is 14.8. The smallest absolute Gasteiger partial charge is 0.320 e. The van der Waals surface area contributed by atoms with E-state index in [1.54, 1.807) is 0 Å². The van der Waals surface area contributed by atoms with Crippen molar-refractivity contribution in [2.24, 2.45) is 0 Å². The van der Waals surface area contributed by atoms with Gasteiger partial charge in [-0.05, 0) is 37.1 Å². The molecule has 0 fully saturated rings. The van der Waals surface area contributed by atoms with E-state index >= 15 is 0 Å². The summed E-state index contributed by atoms with van der Waals surface area (Å²) in [5.74, 6) is -0.133. The van der Waals surface area contributed by atoms with Crippen LogP contribution < -0.4 is 10.1 Å². The van der Waals surface area contributed by atoms with Crippen LogP contribution in [0.25, 0.3) is 0 Å². The van der Waals surface area contributed by atoms with E-state index in [0.29, 0.717) is 31.7 Å². The molecule has 0 radical (unpaired) electrons. The number of aliphatic hydroxyl groups excluding tert-OH is 1. The lowest BCUT2D eigenvalue weighted by Gasteiger charge is -2.14. The molecule has 0 heterocycles. The highest BCUT2D eigenvalue weighted by atomic mass is 16.5. The summed E-state index contributed by atoms with van der Waals surface area (Å²) in [7, 11) is 0. The number of rotatable bonds is 10. The Morgan fingerprint density at radius 1 is 1.35 bits per heavy atom. The van der Waals surface area contributed by atoms with Crippen LogP contribution in [0.2, 0.25) is 0 Å². The predicted molar refractivity (Wildman–Crippen MR) is 77.1 cm³/mol. The molecule has 3 N–H and O–H groups in total. The van der Waals surface area contributed by atoms with Crippen molar-refractivity contribution in [2.45, 2.75) is 32.2 Å². The molecular formula is C15H23NO4. The Morgan fingerprint density at radius 2 is 2.05 bits per heavy atom. The maximum absolute atomic E-state index is 11.0. The van der Waals surface area contributed by atoms with Gasteiger partial charge in [0.15, 0.2) is 0 Å². The fourth-order valence-electron chi connectivity index (χ4n) is 1.81. The Labute approximate surface area is 119 Å². The van der Waals surface area contributed by atoms with Gasteiger partial charge >= 0.3 is 5.97 Å². The van der Waals surface area contributed by atoms with Crippen LogP contribution in [0.1, 0.15) is 25.3 Å². The second-order valence-electron chi connectivity index (χ2n) is 4.60. The van der Waals surface area contributed by atoms with E-state index in [2.05, 4.69) is 5.32 Å². The molecular weight excluding hydrogens is 258 g/mol. The van der Waals surface area contributed by atoms with E-state index in [4.69, 9.17) is 14.9 Å². The van der Waals surface area contributed by atoms with Gasteiger partial charge in [0.2, 0.25) is 0 Å². The summed E-state index contributed by atoms with van der Waals surface area (Å²) in [5, 5.41) is 20.8. The van der Waals surface area contributed by atoms with Gasteiger partial charge in [0.05, 0.1) is 6.61 Å². The van der Waals surface area contributed by atoms with Crippen molar-refractivity contribution in [2.75, 3.05) is 19.8 Å². The lowest BCUT2D eigenvalue weighted by Crippen LogP contribution is -2.38. The van der Waals surface area contributed by atoms with E-state index in [1.807, 2.05) is 31.2 Å². The third kappa shape index (κ3) is 6.04. The first-order valence-corrected chi connectivity index (χ1v) is 6.96. The molecule has 112 valence electrons. The summed E-state index contributed by atoms with van der Waals surface area (Å²) >= 11 is 0. The molecule has 20 heavy (non-hydrogen) atoms. The number of ether oxygens (including phenoxy) is 1. The molecule has 1 aromatic carbocycles. The van der Waals surface area contributed by atoms with Gasteiger partial charge in [-0.3, -0.25) is 4.79 Å². The summed E-state index contributed by atoms with van der Waals surface area (Å²) in [6.07, 6.45) is 1.95. The number of hydrogen-bond acceptors (Lipinski definition) is 4. The van der Waals surface area contributed by atoms with Gasteiger partial charge in [0, 0.05) is 13.0 Å². The zero-order valence-corrected chi connectivity index (χ0v) is 11.8. The molecule has 0 aromatic heterocycles. The van der Waals surface area contributed by atoms with Crippen molar-refractivity contribution in [1.82, 2.24) is 5.32 Å². The Hall–Kier alpha value is -1.59. The van der Waals surface area contributed by atoms with Gasteiger partial charge in [0.1, 0.15) is 11.8 Å². The van der Waals surface area contributed by atoms with Crippen LogP contribution in [0.4, 0.5) is 0 Å². The number of benzene rings is 1. The van der Waals surface area contributed by atoms with Crippen molar-refractivity contribution < 1.29 is 19.7 Å². The van der Waals surface area contributed by atoms with Crippen LogP contribution in [0.3, 0.4) is 0 Å². The molecule has 0 amide bonds. The summed E-state index contributed by atoms with van der Waals surface area (Å²) in [4.78, 5) is 11.0. The molecule has 0 spiro atoms. The quantitative estimate of drug-likeness (QED) is 0.605. The highest BCUT2D eigenvalue weighted by Gasteiger charge is 2.15. The van der Waals surface area contributed by atoms with Gasteiger partial charge < -0.3 is 20.3 Å². The molecule has 5 heteroatoms. The molecule has 1 unspecified atom stereocenters. The summed E-state index contributed by atoms with van der Waals surface area (Å²) < 4.78 is 5.53. The maximum atomic E-state index is 11.0. The van der Waals surface area contributed by atoms with E-state index in [1.165, 1.54) is 0 Å². The normalized spacial score (nSPS) is 12.1. The van der Waals surface area contributed by atoms with Gasteiger partial charge in [0.25, 0.3) is 0 Å². The lowest BCUT2D eigenvalue weighted by atomic mass is 10.1. The molecule has 1 aromatic rings. The van der Waals surface area contributed by atoms with Crippen molar-refractivity contribution in [1.29, 1.82) is 0 Å². The fourth-order valence-corrected chi connectivity index (χ4v) is 1.81. The maximum Gasteiger partial charge on any atom is 0.320 e. The van der Waals surface area contributed by atoms with Crippen LogP contribution in [-0.4, -0.2) is 42.0 Å². The van der Waals surface area contributed by atoms with Crippen molar-refractivity contribution >= 4 is 5.97 Å². The van der Waals surface area contributed by atoms with Crippen molar-refractivity contribution in [3.63, 3.8) is 0 Å². The van der Waals surface area contributed by atoms with Crippen LogP contribution >= 0.6 is 0 Å². The predicted octanol–water partition coefficient (Wildman–Crippen LogP) is 1.44. The number of aliphatic hydroxyl groups is 1. The minimum atomic E-state index is -0.847. The van der Waals surface area contributed by atoms with E-state index in [-0.39, 0.29) is 6.61 Å². The summed E-state index contributed by atoms with van der Waals surface area (Å²) in [6.45, 7) is 3.17. The SMILES string of the molecule is CCCNC(CCOc1ccc(CCO)cc1)C(=O)O. The number of carboxylic acids is 1. The van der Waals surface area contributed by atoms with Gasteiger partial charge in [-0.15, -0.1) is 0 Å².